The van der Waals surface area contributed by atoms with Crippen LogP contribution < -0.4 is 10.9 Å². The molecule has 30 heavy (non-hydrogen) atoms. The fraction of sp³-hybridized carbons (Fsp3) is 0.368. The quantitative estimate of drug-likeness (QED) is 0.311. The van der Waals surface area contributed by atoms with Crippen LogP contribution in [0.25, 0.3) is 11.7 Å². The molecule has 0 radical (unpaired) electrons. The molecule has 2 aromatic rings. The van der Waals surface area contributed by atoms with E-state index < -0.39 is 0 Å². The predicted octanol–water partition coefficient (Wildman–Crippen LogP) is 0.963. The summed E-state index contributed by atoms with van der Waals surface area (Å²) in [6.45, 7) is 1.58. The van der Waals surface area contributed by atoms with Crippen molar-refractivity contribution in [1.29, 1.82) is 0 Å². The molecule has 1 fully saturated rings. The number of methoxy groups -OCH3 is 1. The Morgan fingerprint density at radius 3 is 2.90 bits per heavy atom. The molecule has 0 atom stereocenters. The molecule has 0 spiro atoms. The van der Waals surface area contributed by atoms with Crippen molar-refractivity contribution >= 4 is 51.7 Å². The number of carbonyl (C=O) groups is 1. The van der Waals surface area contributed by atoms with Crippen LogP contribution in [0.15, 0.2) is 34.1 Å². The van der Waals surface area contributed by atoms with Crippen molar-refractivity contribution in [3.05, 3.63) is 45.2 Å². The molecule has 3 rings (SSSR count). The molecule has 160 valence electrons. The monoisotopic (exact) mass is 450 g/mol. The normalized spacial score (nSPS) is 15.5. The van der Waals surface area contributed by atoms with Crippen LogP contribution in [0.5, 0.6) is 0 Å². The summed E-state index contributed by atoms with van der Waals surface area (Å²) < 4.78 is 12.1. The third-order valence-electron chi connectivity index (χ3n) is 4.21. The van der Waals surface area contributed by atoms with E-state index in [2.05, 4.69) is 10.3 Å². The highest BCUT2D eigenvalue weighted by molar-refractivity contribution is 8.26. The lowest BCUT2D eigenvalue weighted by atomic mass is 10.2. The number of hydrogen-bond donors (Lipinski definition) is 2. The van der Waals surface area contributed by atoms with Crippen molar-refractivity contribution in [2.45, 2.75) is 0 Å². The van der Waals surface area contributed by atoms with Gasteiger partial charge in [0.1, 0.15) is 15.8 Å². The topological polar surface area (TPSA) is 105 Å². The molecule has 1 amide bonds. The van der Waals surface area contributed by atoms with Crippen LogP contribution in [-0.2, 0) is 14.3 Å². The van der Waals surface area contributed by atoms with Gasteiger partial charge in [-0.05, 0) is 18.2 Å². The number of amides is 1. The van der Waals surface area contributed by atoms with E-state index in [4.69, 9.17) is 26.8 Å². The minimum absolute atomic E-state index is 0.0638. The number of aromatic nitrogens is 2. The number of thiocarbonyl (C=S) groups is 1. The number of carbonyl (C=O) groups excluding carboxylic acids is 1. The summed E-state index contributed by atoms with van der Waals surface area (Å²) in [5, 5.41) is 11.9. The van der Waals surface area contributed by atoms with Crippen molar-refractivity contribution in [1.82, 2.24) is 14.3 Å². The molecule has 2 aromatic heterocycles. The molecule has 0 aliphatic carbocycles. The zero-order valence-electron chi connectivity index (χ0n) is 16.4. The van der Waals surface area contributed by atoms with Gasteiger partial charge >= 0.3 is 0 Å². The summed E-state index contributed by atoms with van der Waals surface area (Å²) in [5.41, 5.74) is 0.431. The number of pyridine rings is 1. The number of fused-ring (bicyclic) bond motifs is 1. The highest BCUT2D eigenvalue weighted by atomic mass is 32.2. The van der Waals surface area contributed by atoms with Gasteiger partial charge in [-0.1, -0.05) is 30.0 Å². The Balaban J connectivity index is 1.95. The Morgan fingerprint density at radius 1 is 1.30 bits per heavy atom. The maximum Gasteiger partial charge on any atom is 0.267 e. The largest absolute Gasteiger partial charge is 0.394 e. The predicted molar refractivity (Wildman–Crippen MR) is 120 cm³/mol. The van der Waals surface area contributed by atoms with Gasteiger partial charge in [0, 0.05) is 19.9 Å². The first-order chi connectivity index (χ1) is 14.6. The Bertz CT molecular complexity index is 1020. The Labute approximate surface area is 182 Å². The average Bonchev–Trinajstić information content (AvgIpc) is 3.01. The van der Waals surface area contributed by atoms with Gasteiger partial charge in [-0.25, -0.2) is 4.98 Å². The number of nitrogens with zero attached hydrogens (tertiary/aromatic N) is 3. The van der Waals surface area contributed by atoms with E-state index in [0.29, 0.717) is 47.0 Å². The fourth-order valence-electron chi connectivity index (χ4n) is 2.78. The molecule has 0 aromatic carbocycles. The first-order valence-corrected chi connectivity index (χ1v) is 10.5. The number of anilines is 1. The Morgan fingerprint density at radius 2 is 2.13 bits per heavy atom. The maximum atomic E-state index is 13.1. The van der Waals surface area contributed by atoms with Crippen LogP contribution >= 0.6 is 24.0 Å². The summed E-state index contributed by atoms with van der Waals surface area (Å²) in [4.78, 5) is 32.2. The number of rotatable bonds is 10. The number of aliphatic hydroxyl groups excluding tert-OH is 1. The van der Waals surface area contributed by atoms with E-state index in [9.17, 15) is 9.59 Å². The van der Waals surface area contributed by atoms with Crippen LogP contribution in [0.4, 0.5) is 5.82 Å². The van der Waals surface area contributed by atoms with Gasteiger partial charge in [-0.2, -0.15) is 0 Å². The number of aliphatic hydroxyl groups is 1. The van der Waals surface area contributed by atoms with E-state index in [1.54, 1.807) is 31.5 Å². The molecule has 9 nitrogen and oxygen atoms in total. The van der Waals surface area contributed by atoms with E-state index in [0.717, 1.165) is 11.8 Å². The Hall–Kier alpha value is -2.31. The molecule has 1 saturated heterocycles. The number of ether oxygens (including phenoxy) is 2. The van der Waals surface area contributed by atoms with Gasteiger partial charge in [0.05, 0.1) is 43.4 Å². The molecule has 11 heteroatoms. The van der Waals surface area contributed by atoms with Gasteiger partial charge in [0.2, 0.25) is 0 Å². The zero-order chi connectivity index (χ0) is 21.5. The molecule has 3 heterocycles. The summed E-state index contributed by atoms with van der Waals surface area (Å²) in [6.07, 6.45) is 3.15. The standard InChI is InChI=1S/C19H22N4O5S2/c1-27-10-7-23-18(26)14(30-19(23)29)12-13-16(20-5-9-28-11-8-24)21-15-4-2-3-6-22(15)17(13)25/h2-4,6,12,20,24H,5,7-11H2,1H3/b14-12-. The molecule has 0 saturated carbocycles. The number of thioether (sulfide) groups is 1. The van der Waals surface area contributed by atoms with Crippen molar-refractivity contribution in [2.75, 3.05) is 51.9 Å². The average molecular weight is 451 g/mol. The molecule has 0 unspecified atom stereocenters. The fourth-order valence-corrected chi connectivity index (χ4v) is 4.07. The number of nitrogens with one attached hydrogen (secondary N) is 1. The SMILES string of the molecule is COCCN1C(=O)/C(=C/c2c(NCCOCCO)nc3ccccn3c2=O)SC1=S. The summed E-state index contributed by atoms with van der Waals surface area (Å²) in [5.74, 6) is 0.0813. The lowest BCUT2D eigenvalue weighted by Gasteiger charge is -2.13. The van der Waals surface area contributed by atoms with E-state index >= 15 is 0 Å². The van der Waals surface area contributed by atoms with Gasteiger partial charge in [0.25, 0.3) is 11.5 Å². The first-order valence-electron chi connectivity index (χ1n) is 9.25. The smallest absolute Gasteiger partial charge is 0.267 e. The van der Waals surface area contributed by atoms with Gasteiger partial charge in [-0.15, -0.1) is 0 Å². The second kappa shape index (κ2) is 10.6. The number of hydrogen-bond acceptors (Lipinski definition) is 9. The highest BCUT2D eigenvalue weighted by Crippen LogP contribution is 2.32. The summed E-state index contributed by atoms with van der Waals surface area (Å²) in [7, 11) is 1.55. The van der Waals surface area contributed by atoms with Crippen LogP contribution in [-0.4, -0.2) is 76.2 Å². The van der Waals surface area contributed by atoms with Crippen LogP contribution in [0, 0.1) is 0 Å². The maximum absolute atomic E-state index is 13.1. The van der Waals surface area contributed by atoms with Crippen LogP contribution in [0.2, 0.25) is 0 Å². The molecule has 2 N–H and O–H groups in total. The van der Waals surface area contributed by atoms with Crippen LogP contribution in [0.1, 0.15) is 5.56 Å². The second-order valence-corrected chi connectivity index (χ2v) is 7.87. The molecule has 1 aliphatic heterocycles. The summed E-state index contributed by atoms with van der Waals surface area (Å²) in [6, 6.07) is 5.25. The van der Waals surface area contributed by atoms with Crippen molar-refractivity contribution in [3.8, 4) is 0 Å². The van der Waals surface area contributed by atoms with E-state index in [1.807, 2.05) is 0 Å². The highest BCUT2D eigenvalue weighted by Gasteiger charge is 2.32. The Kier molecular flexibility index (Phi) is 7.94. The van der Waals surface area contributed by atoms with Gasteiger partial charge < -0.3 is 19.9 Å². The van der Waals surface area contributed by atoms with Gasteiger partial charge in [0.15, 0.2) is 0 Å². The lowest BCUT2D eigenvalue weighted by molar-refractivity contribution is -0.122. The molecule has 1 aliphatic rings. The van der Waals surface area contributed by atoms with E-state index in [1.165, 1.54) is 15.4 Å². The van der Waals surface area contributed by atoms with E-state index in [-0.39, 0.29) is 30.2 Å². The summed E-state index contributed by atoms with van der Waals surface area (Å²) >= 11 is 6.44. The zero-order valence-corrected chi connectivity index (χ0v) is 18.0. The third kappa shape index (κ3) is 5.05. The first kappa shape index (κ1) is 22.4. The van der Waals surface area contributed by atoms with Crippen LogP contribution in [0.3, 0.4) is 0 Å². The van der Waals surface area contributed by atoms with Crippen molar-refractivity contribution < 1.29 is 19.4 Å². The minimum Gasteiger partial charge on any atom is -0.394 e. The minimum atomic E-state index is -0.304. The van der Waals surface area contributed by atoms with Crippen molar-refractivity contribution in [2.24, 2.45) is 0 Å². The van der Waals surface area contributed by atoms with Gasteiger partial charge in [-0.3, -0.25) is 18.9 Å². The second-order valence-electron chi connectivity index (χ2n) is 6.20. The third-order valence-corrected chi connectivity index (χ3v) is 5.59. The van der Waals surface area contributed by atoms with Crippen molar-refractivity contribution in [3.63, 3.8) is 0 Å². The molecular weight excluding hydrogens is 428 g/mol. The molecule has 0 bridgehead atoms. The lowest BCUT2D eigenvalue weighted by Crippen LogP contribution is -2.31. The molecular formula is C19H22N4O5S2.